The number of hydrogen-bond donors (Lipinski definition) is 0. The molecule has 2 atom stereocenters. The van der Waals surface area contributed by atoms with Gasteiger partial charge in [0.15, 0.2) is 11.5 Å². The van der Waals surface area contributed by atoms with E-state index in [2.05, 4.69) is 6.07 Å². The van der Waals surface area contributed by atoms with Gasteiger partial charge in [-0.1, -0.05) is 6.07 Å². The van der Waals surface area contributed by atoms with E-state index in [9.17, 15) is 14.9 Å². The van der Waals surface area contributed by atoms with Crippen LogP contribution < -0.4 is 9.47 Å². The number of ether oxygens (including phenoxy) is 3. The van der Waals surface area contributed by atoms with Crippen molar-refractivity contribution in [3.8, 4) is 17.6 Å². The lowest BCUT2D eigenvalue weighted by atomic mass is 9.67. The van der Waals surface area contributed by atoms with Crippen molar-refractivity contribution < 1.29 is 23.8 Å². The first-order valence-electron chi connectivity index (χ1n) is 9.40. The Balaban J connectivity index is 1.88. The van der Waals surface area contributed by atoms with Crippen LogP contribution in [0.3, 0.4) is 0 Å². The molecule has 144 valence electrons. The third-order valence-electron chi connectivity index (χ3n) is 5.74. The Morgan fingerprint density at radius 1 is 1.19 bits per heavy atom. The molecule has 6 heteroatoms. The number of benzene rings is 1. The van der Waals surface area contributed by atoms with Gasteiger partial charge in [-0.25, -0.2) is 0 Å². The lowest BCUT2D eigenvalue weighted by molar-refractivity contribution is -0.151. The summed E-state index contributed by atoms with van der Waals surface area (Å²) < 4.78 is 16.3. The van der Waals surface area contributed by atoms with Crippen molar-refractivity contribution >= 4 is 11.8 Å². The van der Waals surface area contributed by atoms with E-state index in [4.69, 9.17) is 14.2 Å². The number of nitriles is 1. The van der Waals surface area contributed by atoms with Crippen LogP contribution in [0.15, 0.2) is 18.2 Å². The van der Waals surface area contributed by atoms with Crippen LogP contribution in [0.2, 0.25) is 0 Å². The highest BCUT2D eigenvalue weighted by atomic mass is 16.5. The molecule has 0 aromatic heterocycles. The Morgan fingerprint density at radius 2 is 1.93 bits per heavy atom. The molecule has 27 heavy (non-hydrogen) atoms. The van der Waals surface area contributed by atoms with Crippen molar-refractivity contribution in [3.63, 3.8) is 0 Å². The van der Waals surface area contributed by atoms with Gasteiger partial charge in [-0.3, -0.25) is 9.59 Å². The first-order valence-corrected chi connectivity index (χ1v) is 9.40. The van der Waals surface area contributed by atoms with E-state index in [1.807, 2.05) is 12.1 Å². The summed E-state index contributed by atoms with van der Waals surface area (Å²) in [7, 11) is 2.86. The van der Waals surface area contributed by atoms with Crippen molar-refractivity contribution in [2.24, 2.45) is 5.92 Å². The normalized spacial score (nSPS) is 25.7. The highest BCUT2D eigenvalue weighted by Crippen LogP contribution is 2.43. The predicted molar refractivity (Wildman–Crippen MR) is 97.5 cm³/mol. The molecule has 2 unspecified atom stereocenters. The summed E-state index contributed by atoms with van der Waals surface area (Å²) in [5, 5.41) is 9.91. The molecule has 2 saturated carbocycles. The second kappa shape index (κ2) is 7.99. The highest BCUT2D eigenvalue weighted by Gasteiger charge is 2.45. The van der Waals surface area contributed by atoms with Gasteiger partial charge in [-0.15, -0.1) is 0 Å². The monoisotopic (exact) mass is 371 g/mol. The highest BCUT2D eigenvalue weighted by molar-refractivity contribution is 6.00. The van der Waals surface area contributed by atoms with Gasteiger partial charge in [-0.2, -0.15) is 5.26 Å². The largest absolute Gasteiger partial charge is 0.493 e. The van der Waals surface area contributed by atoms with Gasteiger partial charge >= 0.3 is 5.97 Å². The van der Waals surface area contributed by atoms with Crippen LogP contribution in [-0.2, 0) is 19.7 Å². The molecule has 0 radical (unpaired) electrons. The average Bonchev–Trinajstić information content (AvgIpc) is 3.20. The van der Waals surface area contributed by atoms with Crippen LogP contribution in [0.25, 0.3) is 0 Å². The Morgan fingerprint density at radius 3 is 2.52 bits per heavy atom. The standard InChI is InChI=1S/C21H25NO5/c1-25-18-8-7-14(11-19(18)27-15-5-3-4-6-15)21(13-22)10-9-16(17(23)12-21)20(24)26-2/h7-8,11,15-16H,3-6,9-10,12H2,1-2H3. The minimum absolute atomic E-state index is 0.00152. The summed E-state index contributed by atoms with van der Waals surface area (Å²) >= 11 is 0. The van der Waals surface area contributed by atoms with Gasteiger partial charge in [0.2, 0.25) is 0 Å². The summed E-state index contributed by atoms with van der Waals surface area (Å²) in [5.41, 5.74) is -0.225. The molecular formula is C21H25NO5. The maximum Gasteiger partial charge on any atom is 0.316 e. The van der Waals surface area contributed by atoms with Gasteiger partial charge in [0, 0.05) is 6.42 Å². The minimum atomic E-state index is -0.957. The average molecular weight is 371 g/mol. The molecule has 1 aromatic rings. The first kappa shape index (κ1) is 19.2. The van der Waals surface area contributed by atoms with Gasteiger partial charge in [0.05, 0.1) is 31.8 Å². The lowest BCUT2D eigenvalue weighted by Crippen LogP contribution is -2.40. The molecule has 0 N–H and O–H groups in total. The summed E-state index contributed by atoms with van der Waals surface area (Å²) in [6, 6.07) is 7.76. The van der Waals surface area contributed by atoms with Gasteiger partial charge in [0.1, 0.15) is 11.7 Å². The Kier molecular flexibility index (Phi) is 5.69. The second-order valence-corrected chi connectivity index (χ2v) is 7.34. The molecule has 0 bridgehead atoms. The number of ketones is 1. The van der Waals surface area contributed by atoms with Crippen molar-refractivity contribution in [1.29, 1.82) is 5.26 Å². The summed E-state index contributed by atoms with van der Waals surface area (Å²) in [5.74, 6) is -0.313. The molecular weight excluding hydrogens is 346 g/mol. The number of methoxy groups -OCH3 is 2. The van der Waals surface area contributed by atoms with Gasteiger partial charge < -0.3 is 14.2 Å². The number of hydrogen-bond acceptors (Lipinski definition) is 6. The summed E-state index contributed by atoms with van der Waals surface area (Å²) in [4.78, 5) is 24.3. The van der Waals surface area contributed by atoms with Gasteiger partial charge in [-0.05, 0) is 56.2 Å². The van der Waals surface area contributed by atoms with E-state index in [-0.39, 0.29) is 18.3 Å². The van der Waals surface area contributed by atoms with Crippen LogP contribution in [0.4, 0.5) is 0 Å². The number of carbonyl (C=O) groups excluding carboxylic acids is 2. The van der Waals surface area contributed by atoms with Gasteiger partial charge in [0.25, 0.3) is 0 Å². The first-order chi connectivity index (χ1) is 13.0. The Labute approximate surface area is 159 Å². The lowest BCUT2D eigenvalue weighted by Gasteiger charge is -2.33. The van der Waals surface area contributed by atoms with Crippen LogP contribution in [0.1, 0.15) is 50.5 Å². The van der Waals surface area contributed by atoms with E-state index in [1.54, 1.807) is 13.2 Å². The Hall–Kier alpha value is -2.55. The smallest absolute Gasteiger partial charge is 0.316 e. The predicted octanol–water partition coefficient (Wildman–Crippen LogP) is 3.32. The maximum atomic E-state index is 12.5. The Bertz CT molecular complexity index is 762. The third-order valence-corrected chi connectivity index (χ3v) is 5.74. The SMILES string of the molecule is COC(=O)C1CCC(C#N)(c2ccc(OC)c(OC3CCCC3)c2)CC1=O. The van der Waals surface area contributed by atoms with Crippen molar-refractivity contribution in [2.45, 2.75) is 56.5 Å². The third kappa shape index (κ3) is 3.78. The summed E-state index contributed by atoms with van der Waals surface area (Å²) in [6.07, 6.45) is 5.21. The minimum Gasteiger partial charge on any atom is -0.493 e. The number of esters is 1. The number of Topliss-reactive ketones (excluding diaryl/α,β-unsaturated/α-hetero) is 1. The maximum absolute atomic E-state index is 12.5. The zero-order valence-corrected chi connectivity index (χ0v) is 15.8. The summed E-state index contributed by atoms with van der Waals surface area (Å²) in [6.45, 7) is 0. The van der Waals surface area contributed by atoms with E-state index < -0.39 is 17.3 Å². The quantitative estimate of drug-likeness (QED) is 0.583. The molecule has 0 amide bonds. The van der Waals surface area contributed by atoms with Crippen LogP contribution in [0, 0.1) is 17.2 Å². The number of carbonyl (C=O) groups is 2. The molecule has 0 heterocycles. The molecule has 1 aromatic carbocycles. The van der Waals surface area contributed by atoms with E-state index >= 15 is 0 Å². The fourth-order valence-corrected chi connectivity index (χ4v) is 4.11. The molecule has 2 aliphatic carbocycles. The zero-order valence-electron chi connectivity index (χ0n) is 15.8. The fourth-order valence-electron chi connectivity index (χ4n) is 4.11. The van der Waals surface area contributed by atoms with E-state index in [0.717, 1.165) is 31.2 Å². The fraction of sp³-hybridized carbons (Fsp3) is 0.571. The molecule has 3 rings (SSSR count). The molecule has 0 saturated heterocycles. The van der Waals surface area contributed by atoms with Crippen molar-refractivity contribution in [1.82, 2.24) is 0 Å². The zero-order chi connectivity index (χ0) is 19.4. The molecule has 6 nitrogen and oxygen atoms in total. The van der Waals surface area contributed by atoms with Crippen LogP contribution >= 0.6 is 0 Å². The van der Waals surface area contributed by atoms with Crippen molar-refractivity contribution in [2.75, 3.05) is 14.2 Å². The topological polar surface area (TPSA) is 85.6 Å². The number of nitrogens with zero attached hydrogens (tertiary/aromatic N) is 1. The number of rotatable bonds is 5. The van der Waals surface area contributed by atoms with Crippen molar-refractivity contribution in [3.05, 3.63) is 23.8 Å². The van der Waals surface area contributed by atoms with E-state index in [1.165, 1.54) is 7.11 Å². The van der Waals surface area contributed by atoms with E-state index in [0.29, 0.717) is 24.3 Å². The molecule has 2 aliphatic rings. The molecule has 2 fully saturated rings. The second-order valence-electron chi connectivity index (χ2n) is 7.34. The molecule has 0 aliphatic heterocycles. The van der Waals surface area contributed by atoms with Crippen LogP contribution in [-0.4, -0.2) is 32.1 Å². The van der Waals surface area contributed by atoms with Crippen LogP contribution in [0.5, 0.6) is 11.5 Å². The molecule has 0 spiro atoms.